The normalized spacial score (nSPS) is 9.43. The molecule has 2 radical (unpaired) electrons. The Morgan fingerprint density at radius 1 is 0.500 bits per heavy atom. The van der Waals surface area contributed by atoms with Gasteiger partial charge in [-0.3, -0.25) is 9.97 Å². The number of pyridine rings is 2. The van der Waals surface area contributed by atoms with E-state index in [1.807, 2.05) is 60.7 Å². The molecule has 46 heavy (non-hydrogen) atoms. The van der Waals surface area contributed by atoms with Crippen molar-refractivity contribution in [3.63, 3.8) is 0 Å². The Balaban J connectivity index is 0.000000298. The molecule has 0 saturated carbocycles. The maximum absolute atomic E-state index is 4.13. The second-order valence-electron chi connectivity index (χ2n) is 9.91. The van der Waals surface area contributed by atoms with Gasteiger partial charge in [-0.05, 0) is 23.9 Å². The number of hydrogen-bond donors (Lipinski definition) is 0. The predicted molar refractivity (Wildman–Crippen MR) is 179 cm³/mol. The Labute approximate surface area is 306 Å². The number of nitrogens with zero attached hydrogens (tertiary/aromatic N) is 2. The molecular weight excluding hydrogens is 683 g/mol. The summed E-state index contributed by atoms with van der Waals surface area (Å²) in [4.78, 5) is 8.25. The third kappa shape index (κ3) is 11.4. The molecule has 0 aliphatic carbocycles. The molecule has 2 heterocycles. The summed E-state index contributed by atoms with van der Waals surface area (Å²) in [7, 11) is 0. The van der Waals surface area contributed by atoms with Crippen LogP contribution in [-0.4, -0.2) is 9.97 Å². The van der Waals surface area contributed by atoms with Gasteiger partial charge in [0, 0.05) is 12.4 Å². The zero-order chi connectivity index (χ0) is 29.0. The van der Waals surface area contributed by atoms with Crippen LogP contribution in [0, 0.1) is 12.1 Å². The first-order valence-corrected chi connectivity index (χ1v) is 14.4. The minimum absolute atomic E-state index is 0. The first-order chi connectivity index (χ1) is 20.7. The molecule has 6 aromatic carbocycles. The molecule has 0 saturated heterocycles. The number of aryl methyl sites for hydroxylation is 2. The fraction of sp³-hybridized carbons (Fsp3) is 0.100. The minimum atomic E-state index is 0. The van der Waals surface area contributed by atoms with Crippen molar-refractivity contribution in [1.82, 2.24) is 9.97 Å². The molecule has 0 aliphatic rings. The Bertz CT molecular complexity index is 1660. The van der Waals surface area contributed by atoms with Gasteiger partial charge in [0.1, 0.15) is 0 Å². The standard InChI is InChI=1S/2C11H11.2C9H6N.2ClH.2Cr/c2*1-2-9-7-10-5-3-4-6-11(10)8-9;2*1-2-6-9-8(4-1)5-3-7-10-9;;;;/h2*3-8H,2H2,1H3;2*1-5,7H;2*1H;;/q4*-1;;;2*+3/p-2. The van der Waals surface area contributed by atoms with Gasteiger partial charge in [0.2, 0.25) is 0 Å². The molecule has 0 spiro atoms. The fourth-order valence-corrected chi connectivity index (χ4v) is 4.74. The molecule has 0 bridgehead atoms. The average Bonchev–Trinajstić information content (AvgIpc) is 3.70. The molecule has 0 unspecified atom stereocenters. The van der Waals surface area contributed by atoms with Crippen molar-refractivity contribution in [2.75, 3.05) is 0 Å². The van der Waals surface area contributed by atoms with Crippen molar-refractivity contribution in [3.8, 4) is 0 Å². The van der Waals surface area contributed by atoms with Gasteiger partial charge in [0.25, 0.3) is 0 Å². The molecule has 6 heteroatoms. The number of hydrogen-bond acceptors (Lipinski definition) is 2. The smallest absolute Gasteiger partial charge is 1.00 e. The number of fused-ring (bicyclic) bond motifs is 4. The van der Waals surface area contributed by atoms with E-state index in [9.17, 15) is 0 Å². The van der Waals surface area contributed by atoms with Crippen LogP contribution in [0.1, 0.15) is 25.0 Å². The first kappa shape index (κ1) is 40.6. The van der Waals surface area contributed by atoms with E-state index in [-0.39, 0.29) is 59.5 Å². The van der Waals surface area contributed by atoms with E-state index >= 15 is 0 Å². The van der Waals surface area contributed by atoms with Gasteiger partial charge >= 0.3 is 34.7 Å². The van der Waals surface area contributed by atoms with Crippen molar-refractivity contribution >= 4 is 43.4 Å². The van der Waals surface area contributed by atoms with Gasteiger partial charge < -0.3 is 24.8 Å². The molecule has 0 atom stereocenters. The van der Waals surface area contributed by atoms with E-state index < -0.39 is 0 Å². The summed E-state index contributed by atoms with van der Waals surface area (Å²) in [6.45, 7) is 4.38. The third-order valence-electron chi connectivity index (χ3n) is 7.03. The SMILES string of the molecule is CCc1cc2ccccc2[cH-]1.CCc1cc2ccccc2[cH-]1.[Cl-].[Cl-].[Cr+3].[Cr+3].[c-]1cccc2cccnc12.[c-]1cccc2cccnc12. The summed E-state index contributed by atoms with van der Waals surface area (Å²) in [6, 6.07) is 51.7. The molecule has 0 fully saturated rings. The monoisotopic (exact) mass is 716 g/mol. The molecule has 2 aromatic heterocycles. The minimum Gasteiger partial charge on any atom is -1.00 e. The largest absolute Gasteiger partial charge is 3.00 e. The molecule has 0 N–H and O–H groups in total. The van der Waals surface area contributed by atoms with Gasteiger partial charge in [-0.1, -0.05) is 38.1 Å². The maximum Gasteiger partial charge on any atom is 3.00 e. The fourth-order valence-electron chi connectivity index (χ4n) is 4.74. The molecule has 230 valence electrons. The van der Waals surface area contributed by atoms with Crippen LogP contribution in [0.2, 0.25) is 0 Å². The summed E-state index contributed by atoms with van der Waals surface area (Å²) in [5.41, 5.74) is 4.74. The zero-order valence-electron chi connectivity index (χ0n) is 25.7. The number of para-hydroxylation sites is 2. The Morgan fingerprint density at radius 3 is 1.24 bits per heavy atom. The van der Waals surface area contributed by atoms with Crippen molar-refractivity contribution in [3.05, 3.63) is 169 Å². The van der Waals surface area contributed by atoms with E-state index in [2.05, 4.69) is 109 Å². The van der Waals surface area contributed by atoms with Crippen molar-refractivity contribution < 1.29 is 59.5 Å². The molecule has 0 aliphatic heterocycles. The van der Waals surface area contributed by atoms with Crippen molar-refractivity contribution in [2.24, 2.45) is 0 Å². The average molecular weight is 718 g/mol. The van der Waals surface area contributed by atoms with Crippen LogP contribution in [0.4, 0.5) is 0 Å². The van der Waals surface area contributed by atoms with Crippen LogP contribution in [0.3, 0.4) is 0 Å². The van der Waals surface area contributed by atoms with Crippen molar-refractivity contribution in [2.45, 2.75) is 26.7 Å². The summed E-state index contributed by atoms with van der Waals surface area (Å²) < 4.78 is 0. The van der Waals surface area contributed by atoms with Gasteiger partial charge in [-0.2, -0.15) is 60.7 Å². The van der Waals surface area contributed by atoms with Gasteiger partial charge in [0.05, 0.1) is 0 Å². The summed E-state index contributed by atoms with van der Waals surface area (Å²) in [5.74, 6) is 0. The van der Waals surface area contributed by atoms with Crippen LogP contribution < -0.4 is 24.8 Å². The van der Waals surface area contributed by atoms with E-state index in [0.717, 1.165) is 34.6 Å². The third-order valence-corrected chi connectivity index (χ3v) is 7.03. The summed E-state index contributed by atoms with van der Waals surface area (Å²) in [5, 5.41) is 7.75. The van der Waals surface area contributed by atoms with E-state index in [1.54, 1.807) is 12.4 Å². The van der Waals surface area contributed by atoms with Crippen LogP contribution in [-0.2, 0) is 47.6 Å². The summed E-state index contributed by atoms with van der Waals surface area (Å²) in [6.07, 6.45) is 5.82. The van der Waals surface area contributed by atoms with Gasteiger partial charge in [0.15, 0.2) is 0 Å². The van der Waals surface area contributed by atoms with E-state index in [0.29, 0.717) is 0 Å². The number of halogens is 2. The maximum atomic E-state index is 4.13. The van der Waals surface area contributed by atoms with Crippen LogP contribution in [0.25, 0.3) is 43.4 Å². The molecule has 2 nitrogen and oxygen atoms in total. The first-order valence-electron chi connectivity index (χ1n) is 14.4. The van der Waals surface area contributed by atoms with Crippen molar-refractivity contribution in [1.29, 1.82) is 0 Å². The van der Waals surface area contributed by atoms with Gasteiger partial charge in [-0.15, -0.1) is 104 Å². The van der Waals surface area contributed by atoms with Gasteiger partial charge in [-0.25, -0.2) is 0 Å². The summed E-state index contributed by atoms with van der Waals surface area (Å²) >= 11 is 0. The number of aromatic nitrogens is 2. The molecular formula is C40H34Cl2Cr2N2. The number of rotatable bonds is 2. The Kier molecular flexibility index (Phi) is 18.9. The zero-order valence-corrected chi connectivity index (χ0v) is 29.8. The second kappa shape index (κ2) is 21.4. The number of benzene rings is 4. The molecule has 8 rings (SSSR count). The van der Waals surface area contributed by atoms with Crippen LogP contribution in [0.15, 0.2) is 146 Å². The second-order valence-corrected chi connectivity index (χ2v) is 9.91. The predicted octanol–water partition coefficient (Wildman–Crippen LogP) is 4.32. The molecule has 0 amide bonds. The van der Waals surface area contributed by atoms with Crippen LogP contribution in [0.5, 0.6) is 0 Å². The van der Waals surface area contributed by atoms with E-state index in [4.69, 9.17) is 0 Å². The quantitative estimate of drug-likeness (QED) is 0.250. The van der Waals surface area contributed by atoms with Crippen LogP contribution >= 0.6 is 0 Å². The Morgan fingerprint density at radius 2 is 0.870 bits per heavy atom. The molecule has 8 aromatic rings. The topological polar surface area (TPSA) is 25.8 Å². The Hall–Kier alpha value is -3.44. The van der Waals surface area contributed by atoms with E-state index in [1.165, 1.54) is 32.7 Å².